The smallest absolute Gasteiger partial charge is 0.268 e. The van der Waals surface area contributed by atoms with Crippen LogP contribution in [0.5, 0.6) is 0 Å². The molecule has 3 atom stereocenters. The molecule has 9 heteroatoms. The number of rotatable bonds is 54. The van der Waals surface area contributed by atoms with E-state index >= 15 is 0 Å². The van der Waals surface area contributed by atoms with E-state index in [9.17, 15) is 19.4 Å². The zero-order valence-corrected chi connectivity index (χ0v) is 45.8. The minimum Gasteiger partial charge on any atom is -0.756 e. The van der Waals surface area contributed by atoms with Crippen molar-refractivity contribution < 1.29 is 32.9 Å². The quantitative estimate of drug-likeness (QED) is 0.0272. The van der Waals surface area contributed by atoms with E-state index in [0.29, 0.717) is 17.4 Å². The van der Waals surface area contributed by atoms with Crippen molar-refractivity contribution in [3.05, 3.63) is 12.2 Å². The summed E-state index contributed by atoms with van der Waals surface area (Å²) < 4.78 is 23.4. The lowest BCUT2D eigenvalue weighted by Crippen LogP contribution is -2.45. The summed E-state index contributed by atoms with van der Waals surface area (Å²) in [6.45, 7) is 4.70. The molecule has 0 spiro atoms. The van der Waals surface area contributed by atoms with Crippen molar-refractivity contribution in [3.63, 3.8) is 0 Å². The van der Waals surface area contributed by atoms with Gasteiger partial charge in [0.2, 0.25) is 5.91 Å². The van der Waals surface area contributed by atoms with Crippen molar-refractivity contribution in [1.82, 2.24) is 5.32 Å². The highest BCUT2D eigenvalue weighted by molar-refractivity contribution is 7.45. The molecule has 394 valence electrons. The molecule has 0 aromatic heterocycles. The van der Waals surface area contributed by atoms with Gasteiger partial charge in [-0.15, -0.1) is 0 Å². The Kier molecular flexibility index (Phi) is 48.7. The second kappa shape index (κ2) is 49.2. The number of nitrogens with one attached hydrogen (secondary N) is 1. The molecule has 0 aliphatic carbocycles. The summed E-state index contributed by atoms with van der Waals surface area (Å²) in [5.41, 5.74) is 0. The van der Waals surface area contributed by atoms with Crippen LogP contribution in [0.15, 0.2) is 12.2 Å². The first-order valence-corrected chi connectivity index (χ1v) is 30.5. The number of aliphatic hydroxyl groups is 1. The van der Waals surface area contributed by atoms with E-state index in [2.05, 4.69) is 19.2 Å². The Hall–Kier alpha value is -0.760. The fraction of sp³-hybridized carbons (Fsp3) is 0.947. The second-order valence-electron chi connectivity index (χ2n) is 21.4. The molecule has 1 amide bonds. The predicted molar refractivity (Wildman–Crippen MR) is 284 cm³/mol. The van der Waals surface area contributed by atoms with Gasteiger partial charge < -0.3 is 28.8 Å². The van der Waals surface area contributed by atoms with E-state index < -0.39 is 20.0 Å². The van der Waals surface area contributed by atoms with Crippen LogP contribution in [0, 0.1) is 0 Å². The fourth-order valence-corrected chi connectivity index (χ4v) is 9.64. The van der Waals surface area contributed by atoms with Gasteiger partial charge in [-0.1, -0.05) is 283 Å². The Bertz CT molecular complexity index is 1080. The molecule has 0 fully saturated rings. The topological polar surface area (TPSA) is 108 Å². The van der Waals surface area contributed by atoms with Crippen LogP contribution >= 0.6 is 7.82 Å². The summed E-state index contributed by atoms with van der Waals surface area (Å²) in [4.78, 5) is 25.5. The zero-order valence-electron chi connectivity index (χ0n) is 44.9. The lowest BCUT2D eigenvalue weighted by molar-refractivity contribution is -0.870. The lowest BCUT2D eigenvalue weighted by atomic mass is 10.0. The molecule has 0 radical (unpaired) electrons. The van der Waals surface area contributed by atoms with Gasteiger partial charge in [0.05, 0.1) is 39.9 Å². The number of carbonyl (C=O) groups excluding carboxylic acids is 1. The number of amides is 1. The molecule has 2 N–H and O–H groups in total. The standard InChI is InChI=1S/C57H115N2O6P/c1-6-8-10-12-14-16-18-20-22-24-26-27-28-29-30-31-33-35-37-39-41-43-45-47-49-51-57(61)58-55(54-65-66(62,63)64-53-52-59(3,4)5)56(60)50-48-46-44-42-40-38-36-34-32-25-23-21-19-17-15-13-11-9-7-2/h48,50,55-56,60H,6-47,49,51-54H2,1-5H3,(H-,58,61,62,63)/b50-48+. The molecular formula is C57H115N2O6P. The van der Waals surface area contributed by atoms with Crippen molar-refractivity contribution in [2.45, 2.75) is 309 Å². The molecule has 0 heterocycles. The molecule has 0 aromatic carbocycles. The van der Waals surface area contributed by atoms with Crippen LogP contribution in [0.3, 0.4) is 0 Å². The van der Waals surface area contributed by atoms with Crippen LogP contribution in [0.25, 0.3) is 0 Å². The molecule has 0 aromatic rings. The number of allylic oxidation sites excluding steroid dienone is 1. The van der Waals surface area contributed by atoms with Gasteiger partial charge in [-0.2, -0.15) is 0 Å². The monoisotopic (exact) mass is 955 g/mol. The largest absolute Gasteiger partial charge is 0.756 e. The van der Waals surface area contributed by atoms with Crippen molar-refractivity contribution in [3.8, 4) is 0 Å². The lowest BCUT2D eigenvalue weighted by Gasteiger charge is -2.29. The maximum atomic E-state index is 13.0. The SMILES string of the molecule is CCCCCCCCCCCCCCCCCCC/C=C/C(O)C(COP(=O)([O-])OCC[N+](C)(C)C)NC(=O)CCCCCCCCCCCCCCCCCCCCCCCCCCC. The van der Waals surface area contributed by atoms with E-state index in [4.69, 9.17) is 9.05 Å². The van der Waals surface area contributed by atoms with Gasteiger partial charge in [0.15, 0.2) is 0 Å². The molecule has 0 saturated heterocycles. The summed E-state index contributed by atoms with van der Waals surface area (Å²) in [7, 11) is 1.28. The summed E-state index contributed by atoms with van der Waals surface area (Å²) in [5.74, 6) is -0.190. The van der Waals surface area contributed by atoms with Crippen LogP contribution in [0.4, 0.5) is 0 Å². The zero-order chi connectivity index (χ0) is 48.5. The summed E-state index contributed by atoms with van der Waals surface area (Å²) >= 11 is 0. The minimum atomic E-state index is -4.59. The third-order valence-corrected chi connectivity index (χ3v) is 14.5. The fourth-order valence-electron chi connectivity index (χ4n) is 8.92. The molecular weight excluding hydrogens is 840 g/mol. The van der Waals surface area contributed by atoms with Gasteiger partial charge in [0.25, 0.3) is 7.82 Å². The number of phosphoric acid groups is 1. The normalized spacial score (nSPS) is 14.0. The predicted octanol–water partition coefficient (Wildman–Crippen LogP) is 16.8. The first-order chi connectivity index (χ1) is 32.0. The van der Waals surface area contributed by atoms with E-state index in [-0.39, 0.29) is 19.1 Å². The third kappa shape index (κ3) is 51.1. The van der Waals surface area contributed by atoms with Gasteiger partial charge in [-0.3, -0.25) is 9.36 Å². The first kappa shape index (κ1) is 65.2. The Labute approximate surface area is 412 Å². The summed E-state index contributed by atoms with van der Waals surface area (Å²) in [6, 6.07) is -0.882. The Morgan fingerprint density at radius 1 is 0.515 bits per heavy atom. The maximum absolute atomic E-state index is 13.0. The van der Waals surface area contributed by atoms with Crippen LogP contribution in [0.2, 0.25) is 0 Å². The van der Waals surface area contributed by atoms with Gasteiger partial charge in [0, 0.05) is 6.42 Å². The number of aliphatic hydroxyl groups excluding tert-OH is 1. The number of hydrogen-bond acceptors (Lipinski definition) is 6. The van der Waals surface area contributed by atoms with Crippen LogP contribution in [-0.4, -0.2) is 68.5 Å². The third-order valence-electron chi connectivity index (χ3n) is 13.5. The minimum absolute atomic E-state index is 0.00268. The molecule has 0 rings (SSSR count). The van der Waals surface area contributed by atoms with Gasteiger partial charge >= 0.3 is 0 Å². The number of nitrogens with zero attached hydrogens (tertiary/aromatic N) is 1. The average Bonchev–Trinajstić information content (AvgIpc) is 3.28. The molecule has 66 heavy (non-hydrogen) atoms. The number of carbonyl (C=O) groups is 1. The second-order valence-corrected chi connectivity index (χ2v) is 22.8. The summed E-state index contributed by atoms with van der Waals surface area (Å²) in [5, 5.41) is 13.9. The highest BCUT2D eigenvalue weighted by Crippen LogP contribution is 2.38. The van der Waals surface area contributed by atoms with Crippen LogP contribution in [-0.2, 0) is 18.4 Å². The van der Waals surface area contributed by atoms with Gasteiger partial charge in [-0.25, -0.2) is 0 Å². The number of unbranched alkanes of at least 4 members (excludes halogenated alkanes) is 41. The van der Waals surface area contributed by atoms with Crippen LogP contribution in [0.1, 0.15) is 296 Å². The van der Waals surface area contributed by atoms with Gasteiger partial charge in [0.1, 0.15) is 13.2 Å². The van der Waals surface area contributed by atoms with E-state index in [0.717, 1.165) is 38.5 Å². The molecule has 0 aliphatic rings. The van der Waals surface area contributed by atoms with E-state index in [1.54, 1.807) is 6.08 Å². The highest BCUT2D eigenvalue weighted by Gasteiger charge is 2.23. The average molecular weight is 956 g/mol. The molecule has 0 saturated carbocycles. The Morgan fingerprint density at radius 2 is 0.818 bits per heavy atom. The number of hydrogen-bond donors (Lipinski definition) is 2. The first-order valence-electron chi connectivity index (χ1n) is 29.1. The molecule has 8 nitrogen and oxygen atoms in total. The summed E-state index contributed by atoms with van der Waals surface area (Å²) in [6.07, 6.45) is 60.0. The number of quaternary nitrogens is 1. The molecule has 0 aliphatic heterocycles. The Balaban J connectivity index is 4.15. The van der Waals surface area contributed by atoms with E-state index in [1.165, 1.54) is 238 Å². The molecule has 3 unspecified atom stereocenters. The van der Waals surface area contributed by atoms with Crippen LogP contribution < -0.4 is 10.2 Å². The Morgan fingerprint density at radius 3 is 1.14 bits per heavy atom. The highest BCUT2D eigenvalue weighted by atomic mass is 31.2. The van der Waals surface area contributed by atoms with E-state index in [1.807, 2.05) is 27.2 Å². The number of phosphoric ester groups is 1. The number of likely N-dealkylation sites (N-methyl/N-ethyl adjacent to an activating group) is 1. The van der Waals surface area contributed by atoms with Crippen molar-refractivity contribution in [1.29, 1.82) is 0 Å². The van der Waals surface area contributed by atoms with Crippen molar-refractivity contribution in [2.75, 3.05) is 40.9 Å². The van der Waals surface area contributed by atoms with Gasteiger partial charge in [-0.05, 0) is 19.3 Å². The van der Waals surface area contributed by atoms with Crippen molar-refractivity contribution >= 4 is 13.7 Å². The maximum Gasteiger partial charge on any atom is 0.268 e. The van der Waals surface area contributed by atoms with Crippen molar-refractivity contribution in [2.24, 2.45) is 0 Å². The molecule has 0 bridgehead atoms.